The fourth-order valence-corrected chi connectivity index (χ4v) is 2.86. The van der Waals surface area contributed by atoms with E-state index in [1.54, 1.807) is 0 Å². The molecule has 1 atom stereocenters. The summed E-state index contributed by atoms with van der Waals surface area (Å²) in [6.07, 6.45) is 6.47. The summed E-state index contributed by atoms with van der Waals surface area (Å²) < 4.78 is 0. The van der Waals surface area contributed by atoms with Crippen molar-refractivity contribution in [1.29, 1.82) is 0 Å². The van der Waals surface area contributed by atoms with Gasteiger partial charge in [0, 0.05) is 17.8 Å². The molecule has 0 aromatic carbocycles. The quantitative estimate of drug-likeness (QED) is 0.644. The lowest BCUT2D eigenvalue weighted by molar-refractivity contribution is 0.181. The van der Waals surface area contributed by atoms with Crippen molar-refractivity contribution in [2.45, 2.75) is 58.5 Å². The highest BCUT2D eigenvalue weighted by Gasteiger charge is 2.20. The topological polar surface area (TPSA) is 67.1 Å². The van der Waals surface area contributed by atoms with Crippen LogP contribution in [-0.2, 0) is 6.54 Å². The molecule has 0 radical (unpaired) electrons. The maximum Gasteiger partial charge on any atom is 0.145 e. The minimum Gasteiger partial charge on any atom is -0.308 e. The molecule has 2 heterocycles. The second-order valence-corrected chi connectivity index (χ2v) is 5.34. The van der Waals surface area contributed by atoms with Crippen LogP contribution in [0.5, 0.6) is 0 Å². The largest absolute Gasteiger partial charge is 0.308 e. The van der Waals surface area contributed by atoms with Crippen LogP contribution >= 0.6 is 0 Å². The number of nitrogens with two attached hydrogens (primary N) is 1. The Labute approximate surface area is 115 Å². The van der Waals surface area contributed by atoms with Crippen molar-refractivity contribution in [2.24, 2.45) is 5.84 Å². The summed E-state index contributed by atoms with van der Waals surface area (Å²) in [6.45, 7) is 6.23. The van der Waals surface area contributed by atoms with Crippen LogP contribution in [0.2, 0.25) is 0 Å². The van der Waals surface area contributed by atoms with Crippen molar-refractivity contribution < 1.29 is 0 Å². The molecule has 1 fully saturated rings. The van der Waals surface area contributed by atoms with Crippen molar-refractivity contribution in [3.05, 3.63) is 17.6 Å². The fourth-order valence-electron chi connectivity index (χ4n) is 2.86. The molecule has 2 rings (SSSR count). The smallest absolute Gasteiger partial charge is 0.145 e. The third-order valence-corrected chi connectivity index (χ3v) is 3.86. The van der Waals surface area contributed by atoms with Gasteiger partial charge >= 0.3 is 0 Å². The maximum atomic E-state index is 5.45. The average molecular weight is 263 g/mol. The molecule has 0 saturated carbocycles. The second kappa shape index (κ2) is 6.82. The third-order valence-electron chi connectivity index (χ3n) is 3.86. The number of nitrogens with zero attached hydrogens (tertiary/aromatic N) is 3. The van der Waals surface area contributed by atoms with Gasteiger partial charge in [0.25, 0.3) is 0 Å². The van der Waals surface area contributed by atoms with E-state index in [1.165, 1.54) is 32.1 Å². The Morgan fingerprint density at radius 2 is 2.21 bits per heavy atom. The number of hydrogen-bond acceptors (Lipinski definition) is 5. The van der Waals surface area contributed by atoms with Gasteiger partial charge in [-0.3, -0.25) is 4.90 Å². The molecular formula is C14H25N5. The van der Waals surface area contributed by atoms with Gasteiger partial charge in [-0.15, -0.1) is 0 Å². The number of nitrogens with one attached hydrogen (secondary N) is 1. The van der Waals surface area contributed by atoms with E-state index in [4.69, 9.17) is 5.84 Å². The normalized spacial score (nSPS) is 21.1. The molecule has 19 heavy (non-hydrogen) atoms. The van der Waals surface area contributed by atoms with Gasteiger partial charge in [-0.05, 0) is 32.7 Å². The van der Waals surface area contributed by atoms with Crippen molar-refractivity contribution in [1.82, 2.24) is 14.9 Å². The summed E-state index contributed by atoms with van der Waals surface area (Å²) in [6, 6.07) is 2.53. The summed E-state index contributed by atoms with van der Waals surface area (Å²) in [4.78, 5) is 11.5. The lowest BCUT2D eigenvalue weighted by Crippen LogP contribution is -2.34. The Morgan fingerprint density at radius 1 is 1.37 bits per heavy atom. The maximum absolute atomic E-state index is 5.45. The van der Waals surface area contributed by atoms with Gasteiger partial charge in [0.05, 0.1) is 6.54 Å². The van der Waals surface area contributed by atoms with Gasteiger partial charge in [0.1, 0.15) is 11.6 Å². The number of aryl methyl sites for hydroxylation is 1. The van der Waals surface area contributed by atoms with Crippen LogP contribution in [0.25, 0.3) is 0 Å². The van der Waals surface area contributed by atoms with E-state index in [9.17, 15) is 0 Å². The molecule has 1 unspecified atom stereocenters. The van der Waals surface area contributed by atoms with Crippen LogP contribution < -0.4 is 11.3 Å². The predicted octanol–water partition coefficient (Wildman–Crippen LogP) is 2.23. The molecule has 1 aliphatic rings. The molecule has 0 amide bonds. The first-order valence-corrected chi connectivity index (χ1v) is 7.28. The monoisotopic (exact) mass is 263 g/mol. The van der Waals surface area contributed by atoms with Gasteiger partial charge in [0.15, 0.2) is 0 Å². The van der Waals surface area contributed by atoms with Crippen molar-refractivity contribution in [2.75, 3.05) is 12.0 Å². The van der Waals surface area contributed by atoms with Gasteiger partial charge in [0.2, 0.25) is 0 Å². The molecule has 0 aliphatic carbocycles. The molecule has 5 heteroatoms. The Morgan fingerprint density at radius 3 is 2.95 bits per heavy atom. The van der Waals surface area contributed by atoms with E-state index in [2.05, 4.69) is 27.2 Å². The number of hydrazine groups is 1. The van der Waals surface area contributed by atoms with Gasteiger partial charge in [-0.25, -0.2) is 15.8 Å². The molecular weight excluding hydrogens is 238 g/mol. The van der Waals surface area contributed by atoms with E-state index in [-0.39, 0.29) is 0 Å². The molecule has 0 bridgehead atoms. The minimum atomic E-state index is 0.667. The van der Waals surface area contributed by atoms with Crippen LogP contribution in [0, 0.1) is 6.92 Å². The average Bonchev–Trinajstić information content (AvgIpc) is 2.63. The van der Waals surface area contributed by atoms with E-state index in [0.29, 0.717) is 11.9 Å². The van der Waals surface area contributed by atoms with Crippen molar-refractivity contribution in [3.63, 3.8) is 0 Å². The molecule has 106 valence electrons. The van der Waals surface area contributed by atoms with Crippen LogP contribution in [0.3, 0.4) is 0 Å². The lowest BCUT2D eigenvalue weighted by Gasteiger charge is -2.28. The Bertz CT molecular complexity index is 407. The SMILES string of the molecule is CCC1CCCCCN1Cc1nc(C)cc(NN)n1. The molecule has 1 saturated heterocycles. The van der Waals surface area contributed by atoms with Crippen molar-refractivity contribution >= 4 is 5.82 Å². The molecule has 1 aliphatic heterocycles. The highest BCUT2D eigenvalue weighted by molar-refractivity contribution is 5.33. The molecule has 1 aromatic heterocycles. The minimum absolute atomic E-state index is 0.667. The molecule has 5 nitrogen and oxygen atoms in total. The molecule has 3 N–H and O–H groups in total. The zero-order valence-electron chi connectivity index (χ0n) is 12.0. The summed E-state index contributed by atoms with van der Waals surface area (Å²) in [7, 11) is 0. The summed E-state index contributed by atoms with van der Waals surface area (Å²) in [5, 5.41) is 0. The van der Waals surface area contributed by atoms with Crippen LogP contribution in [0.1, 0.15) is 50.5 Å². The first kappa shape index (κ1) is 14.2. The summed E-state index contributed by atoms with van der Waals surface area (Å²) in [5.41, 5.74) is 3.57. The zero-order valence-corrected chi connectivity index (χ0v) is 12.0. The van der Waals surface area contributed by atoms with E-state index in [1.807, 2.05) is 13.0 Å². The Kier molecular flexibility index (Phi) is 5.10. The molecule has 1 aromatic rings. The first-order chi connectivity index (χ1) is 9.22. The summed E-state index contributed by atoms with van der Waals surface area (Å²) >= 11 is 0. The van der Waals surface area contributed by atoms with Gasteiger partial charge in [-0.2, -0.15) is 0 Å². The highest BCUT2D eigenvalue weighted by Crippen LogP contribution is 2.20. The van der Waals surface area contributed by atoms with E-state index < -0.39 is 0 Å². The van der Waals surface area contributed by atoms with Gasteiger partial charge < -0.3 is 5.43 Å². The Balaban J connectivity index is 2.11. The van der Waals surface area contributed by atoms with Crippen LogP contribution in [0.15, 0.2) is 6.07 Å². The first-order valence-electron chi connectivity index (χ1n) is 7.28. The number of likely N-dealkylation sites (tertiary alicyclic amines) is 1. The molecule has 0 spiro atoms. The highest BCUT2D eigenvalue weighted by atomic mass is 15.3. The van der Waals surface area contributed by atoms with E-state index in [0.717, 1.165) is 24.6 Å². The lowest BCUT2D eigenvalue weighted by atomic mass is 10.1. The number of rotatable bonds is 4. The fraction of sp³-hybridized carbons (Fsp3) is 0.714. The zero-order chi connectivity index (χ0) is 13.7. The van der Waals surface area contributed by atoms with Crippen molar-refractivity contribution in [3.8, 4) is 0 Å². The second-order valence-electron chi connectivity index (χ2n) is 5.34. The van der Waals surface area contributed by atoms with Crippen LogP contribution in [0.4, 0.5) is 5.82 Å². The van der Waals surface area contributed by atoms with E-state index >= 15 is 0 Å². The summed E-state index contributed by atoms with van der Waals surface area (Å²) in [5.74, 6) is 7.01. The van der Waals surface area contributed by atoms with Gasteiger partial charge in [-0.1, -0.05) is 19.8 Å². The van der Waals surface area contributed by atoms with Crippen LogP contribution in [-0.4, -0.2) is 27.5 Å². The number of hydrogen-bond donors (Lipinski definition) is 2. The number of nitrogen functional groups attached to an aromatic ring is 1. The number of aromatic nitrogens is 2. The standard InChI is InChI=1S/C14H25N5/c1-3-12-7-5-4-6-8-19(12)10-14-16-11(2)9-13(17-14)18-15/h9,12H,3-8,10,15H2,1-2H3,(H,16,17,18). The third kappa shape index (κ3) is 3.88. The Hall–Kier alpha value is -1.20. The predicted molar refractivity (Wildman–Crippen MR) is 77.5 cm³/mol. The number of anilines is 1.